The SMILES string of the molecule is CCOC(=O)Cc1c(C)c(Sc2ccc(S(=O)(=O)N3CCOCC3)cc2F)n2cc(F)ccc12. The second-order valence-corrected chi connectivity index (χ2v) is 10.7. The summed E-state index contributed by atoms with van der Waals surface area (Å²) >= 11 is 1.04. The van der Waals surface area contributed by atoms with Crippen LogP contribution in [0.15, 0.2) is 51.3 Å². The van der Waals surface area contributed by atoms with E-state index in [1.54, 1.807) is 24.3 Å². The van der Waals surface area contributed by atoms with Crippen LogP contribution >= 0.6 is 11.8 Å². The average Bonchev–Trinajstić information content (AvgIpc) is 3.06. The monoisotopic (exact) mass is 510 g/mol. The van der Waals surface area contributed by atoms with Crippen LogP contribution in [0.2, 0.25) is 0 Å². The number of nitrogens with zero attached hydrogens (tertiary/aromatic N) is 2. The van der Waals surface area contributed by atoms with Crippen LogP contribution in [0.3, 0.4) is 0 Å². The molecule has 1 aromatic carbocycles. The quantitative estimate of drug-likeness (QED) is 0.450. The zero-order valence-electron chi connectivity index (χ0n) is 18.7. The normalized spacial score (nSPS) is 15.1. The van der Waals surface area contributed by atoms with Crippen molar-refractivity contribution in [1.82, 2.24) is 8.71 Å². The summed E-state index contributed by atoms with van der Waals surface area (Å²) < 4.78 is 67.9. The van der Waals surface area contributed by atoms with Crippen molar-refractivity contribution in [1.29, 1.82) is 0 Å². The molecule has 7 nitrogen and oxygen atoms in total. The van der Waals surface area contributed by atoms with Crippen LogP contribution in [-0.2, 0) is 30.7 Å². The minimum Gasteiger partial charge on any atom is -0.466 e. The Morgan fingerprint density at radius 3 is 2.59 bits per heavy atom. The van der Waals surface area contributed by atoms with Gasteiger partial charge in [0, 0.05) is 24.2 Å². The van der Waals surface area contributed by atoms with Gasteiger partial charge in [0.15, 0.2) is 0 Å². The van der Waals surface area contributed by atoms with Crippen LogP contribution in [-0.4, -0.2) is 56.0 Å². The second-order valence-electron chi connectivity index (χ2n) is 7.70. The third-order valence-corrected chi connectivity index (χ3v) is 8.70. The van der Waals surface area contributed by atoms with Gasteiger partial charge in [-0.2, -0.15) is 4.31 Å². The summed E-state index contributed by atoms with van der Waals surface area (Å²) in [6.45, 7) is 4.74. The maximum atomic E-state index is 15.1. The van der Waals surface area contributed by atoms with Gasteiger partial charge in [-0.3, -0.25) is 4.79 Å². The van der Waals surface area contributed by atoms with E-state index >= 15 is 4.39 Å². The highest BCUT2D eigenvalue weighted by Gasteiger charge is 2.27. The molecule has 0 atom stereocenters. The molecule has 0 aliphatic carbocycles. The van der Waals surface area contributed by atoms with Crippen molar-refractivity contribution in [3.05, 3.63) is 59.3 Å². The zero-order chi connectivity index (χ0) is 24.5. The van der Waals surface area contributed by atoms with E-state index in [0.29, 0.717) is 34.9 Å². The van der Waals surface area contributed by atoms with Gasteiger partial charge < -0.3 is 13.9 Å². The highest BCUT2D eigenvalue weighted by Crippen LogP contribution is 2.38. The van der Waals surface area contributed by atoms with E-state index in [1.165, 1.54) is 28.7 Å². The fourth-order valence-corrected chi connectivity index (χ4v) is 6.31. The molecule has 1 aliphatic rings. The molecular weight excluding hydrogens is 486 g/mol. The number of carbonyl (C=O) groups is 1. The van der Waals surface area contributed by atoms with Crippen LogP contribution in [0.25, 0.3) is 5.52 Å². The lowest BCUT2D eigenvalue weighted by Gasteiger charge is -2.26. The molecule has 1 saturated heterocycles. The number of benzene rings is 1. The number of aromatic nitrogens is 1. The molecule has 3 aromatic rings. The summed E-state index contributed by atoms with van der Waals surface area (Å²) in [5.41, 5.74) is 1.96. The van der Waals surface area contributed by atoms with Gasteiger partial charge >= 0.3 is 5.97 Å². The van der Waals surface area contributed by atoms with Gasteiger partial charge in [-0.1, -0.05) is 11.8 Å². The minimum atomic E-state index is -3.84. The number of pyridine rings is 1. The summed E-state index contributed by atoms with van der Waals surface area (Å²) in [5.74, 6) is -1.61. The van der Waals surface area contributed by atoms with E-state index in [4.69, 9.17) is 9.47 Å². The van der Waals surface area contributed by atoms with Gasteiger partial charge in [0.25, 0.3) is 0 Å². The molecule has 4 rings (SSSR count). The molecule has 1 aliphatic heterocycles. The fraction of sp³-hybridized carbons (Fsp3) is 0.348. The van der Waals surface area contributed by atoms with Crippen molar-refractivity contribution < 1.29 is 31.5 Å². The zero-order valence-corrected chi connectivity index (χ0v) is 20.3. The third-order valence-electron chi connectivity index (χ3n) is 5.56. The fourth-order valence-electron chi connectivity index (χ4n) is 3.86. The smallest absolute Gasteiger partial charge is 0.310 e. The Morgan fingerprint density at radius 2 is 1.91 bits per heavy atom. The van der Waals surface area contributed by atoms with Gasteiger partial charge in [-0.15, -0.1) is 0 Å². The maximum Gasteiger partial charge on any atom is 0.310 e. The number of hydrogen-bond acceptors (Lipinski definition) is 6. The number of sulfonamides is 1. The van der Waals surface area contributed by atoms with Crippen LogP contribution in [0.5, 0.6) is 0 Å². The molecule has 182 valence electrons. The molecule has 34 heavy (non-hydrogen) atoms. The van der Waals surface area contributed by atoms with Crippen LogP contribution < -0.4 is 0 Å². The lowest BCUT2D eigenvalue weighted by atomic mass is 10.1. The maximum absolute atomic E-state index is 15.1. The predicted octanol–water partition coefficient (Wildman–Crippen LogP) is 3.80. The van der Waals surface area contributed by atoms with Gasteiger partial charge in [0.2, 0.25) is 10.0 Å². The van der Waals surface area contributed by atoms with Gasteiger partial charge in [-0.25, -0.2) is 17.2 Å². The summed E-state index contributed by atoms with van der Waals surface area (Å²) in [5, 5.41) is 0.525. The van der Waals surface area contributed by atoms with Crippen molar-refractivity contribution in [2.75, 3.05) is 32.9 Å². The highest BCUT2D eigenvalue weighted by molar-refractivity contribution is 7.99. The molecule has 0 radical (unpaired) electrons. The van der Waals surface area contributed by atoms with Gasteiger partial charge in [0.1, 0.15) is 11.6 Å². The molecule has 0 amide bonds. The Hall–Kier alpha value is -2.47. The Balaban J connectivity index is 1.69. The molecule has 3 heterocycles. The molecule has 0 N–H and O–H groups in total. The predicted molar refractivity (Wildman–Crippen MR) is 123 cm³/mol. The number of fused-ring (bicyclic) bond motifs is 1. The first-order chi connectivity index (χ1) is 16.2. The average molecular weight is 511 g/mol. The van der Waals surface area contributed by atoms with Crippen LogP contribution in [0.4, 0.5) is 8.78 Å². The van der Waals surface area contributed by atoms with Crippen molar-refractivity contribution in [3.8, 4) is 0 Å². The minimum absolute atomic E-state index is 0.00538. The number of esters is 1. The van der Waals surface area contributed by atoms with Crippen molar-refractivity contribution >= 4 is 33.3 Å². The number of ether oxygens (including phenoxy) is 2. The van der Waals surface area contributed by atoms with E-state index in [0.717, 1.165) is 17.8 Å². The van der Waals surface area contributed by atoms with Crippen LogP contribution in [0.1, 0.15) is 18.1 Å². The Bertz CT molecular complexity index is 1330. The molecule has 1 fully saturated rings. The van der Waals surface area contributed by atoms with Gasteiger partial charge in [0.05, 0.1) is 41.7 Å². The molecular formula is C23H24F2N2O5S2. The van der Waals surface area contributed by atoms with E-state index in [9.17, 15) is 17.6 Å². The molecule has 2 aromatic heterocycles. The number of halogens is 2. The highest BCUT2D eigenvalue weighted by atomic mass is 32.2. The number of morpholine rings is 1. The number of hydrogen-bond donors (Lipinski definition) is 0. The van der Waals surface area contributed by atoms with E-state index in [-0.39, 0.29) is 35.9 Å². The summed E-state index contributed by atoms with van der Waals surface area (Å²) in [4.78, 5) is 12.2. The van der Waals surface area contributed by atoms with Crippen LogP contribution in [0, 0.1) is 18.6 Å². The Morgan fingerprint density at radius 1 is 1.18 bits per heavy atom. The third kappa shape index (κ3) is 4.83. The summed E-state index contributed by atoms with van der Waals surface area (Å²) in [6, 6.07) is 6.62. The van der Waals surface area contributed by atoms with Crippen molar-refractivity contribution in [3.63, 3.8) is 0 Å². The lowest BCUT2D eigenvalue weighted by molar-refractivity contribution is -0.142. The molecule has 11 heteroatoms. The van der Waals surface area contributed by atoms with E-state index in [2.05, 4.69) is 0 Å². The number of carbonyl (C=O) groups excluding carboxylic acids is 1. The van der Waals surface area contributed by atoms with Gasteiger partial charge in [-0.05, 0) is 55.3 Å². The van der Waals surface area contributed by atoms with E-state index < -0.39 is 27.6 Å². The summed E-state index contributed by atoms with van der Waals surface area (Å²) in [6.07, 6.45) is 1.27. The molecule has 0 bridgehead atoms. The Kier molecular flexibility index (Phi) is 7.27. The molecule has 0 saturated carbocycles. The van der Waals surface area contributed by atoms with E-state index in [1.807, 2.05) is 0 Å². The first-order valence-electron chi connectivity index (χ1n) is 10.7. The van der Waals surface area contributed by atoms with Crippen molar-refractivity contribution in [2.24, 2.45) is 0 Å². The van der Waals surface area contributed by atoms with Crippen molar-refractivity contribution in [2.45, 2.75) is 35.1 Å². The first-order valence-corrected chi connectivity index (χ1v) is 13.0. The Labute approximate surface area is 200 Å². The number of rotatable bonds is 7. The standard InChI is InChI=1S/C23H24F2N2O5S2/c1-3-32-22(28)13-18-15(2)23(27-14-16(24)4-6-20(18)27)33-21-7-5-17(12-19(21)25)34(29,30)26-8-10-31-11-9-26/h4-7,12,14H,3,8-11,13H2,1-2H3. The largest absolute Gasteiger partial charge is 0.466 e. The second kappa shape index (κ2) is 10.0. The summed E-state index contributed by atoms with van der Waals surface area (Å²) in [7, 11) is -3.84. The molecule has 0 unspecified atom stereocenters. The first kappa shape index (κ1) is 24.6. The molecule has 0 spiro atoms. The lowest BCUT2D eigenvalue weighted by Crippen LogP contribution is -2.40. The topological polar surface area (TPSA) is 77.3 Å².